The fourth-order valence-corrected chi connectivity index (χ4v) is 3.33. The van der Waals surface area contributed by atoms with Gasteiger partial charge in [-0.25, -0.2) is 0 Å². The van der Waals surface area contributed by atoms with Gasteiger partial charge >= 0.3 is 0 Å². The van der Waals surface area contributed by atoms with Crippen molar-refractivity contribution in [1.29, 1.82) is 0 Å². The first kappa shape index (κ1) is 9.47. The van der Waals surface area contributed by atoms with Crippen molar-refractivity contribution in [3.8, 4) is 0 Å². The molecule has 0 bridgehead atoms. The Bertz CT molecular complexity index is 75.6. The molecule has 0 fully saturated rings. The average molecular weight is 167 g/mol. The van der Waals surface area contributed by atoms with Crippen LogP contribution < -0.4 is 0 Å². The normalized spacial score (nSPS) is 15.7. The second-order valence-electron chi connectivity index (χ2n) is 3.24. The van der Waals surface area contributed by atoms with Crippen LogP contribution in [0.1, 0.15) is 0 Å². The molecule has 0 aliphatic rings. The van der Waals surface area contributed by atoms with Crippen LogP contribution in [0.15, 0.2) is 0 Å². The van der Waals surface area contributed by atoms with Crippen molar-refractivity contribution in [2.75, 3.05) is 13.0 Å². The van der Waals surface area contributed by atoms with Gasteiger partial charge in [-0.1, -0.05) is 19.6 Å². The minimum absolute atomic E-state index is 0.305. The average Bonchev–Trinajstić information content (AvgIpc) is 1.65. The van der Waals surface area contributed by atoms with Gasteiger partial charge in [-0.2, -0.15) is 0 Å². The summed E-state index contributed by atoms with van der Waals surface area (Å²) >= 11 is 5.66. The SMILES string of the molecule is COC(CCl)[Si](C)(C)C. The van der Waals surface area contributed by atoms with Crippen molar-refractivity contribution in [3.63, 3.8) is 0 Å². The number of ether oxygens (including phenoxy) is 1. The van der Waals surface area contributed by atoms with Crippen LogP contribution in [-0.4, -0.2) is 26.8 Å². The van der Waals surface area contributed by atoms with Crippen molar-refractivity contribution >= 4 is 19.7 Å². The number of rotatable bonds is 3. The molecule has 0 amide bonds. The summed E-state index contributed by atoms with van der Waals surface area (Å²) in [5.41, 5.74) is 0.305. The predicted molar refractivity (Wildman–Crippen MR) is 44.9 cm³/mol. The van der Waals surface area contributed by atoms with Gasteiger partial charge in [-0.3, -0.25) is 0 Å². The molecule has 0 aliphatic carbocycles. The third kappa shape index (κ3) is 3.23. The molecule has 3 heteroatoms. The van der Waals surface area contributed by atoms with Crippen LogP contribution in [0.3, 0.4) is 0 Å². The molecule has 0 aromatic heterocycles. The summed E-state index contributed by atoms with van der Waals surface area (Å²) in [5.74, 6) is 0.631. The third-order valence-corrected chi connectivity index (χ3v) is 4.30. The number of hydrogen-bond acceptors (Lipinski definition) is 1. The Kier molecular flexibility index (Phi) is 3.78. The molecule has 1 unspecified atom stereocenters. The largest absolute Gasteiger partial charge is 0.384 e. The standard InChI is InChI=1S/C6H15ClOSi/c1-8-6(5-7)9(2,3)4/h6H,5H2,1-4H3. The lowest BCUT2D eigenvalue weighted by Crippen LogP contribution is -2.40. The van der Waals surface area contributed by atoms with E-state index in [9.17, 15) is 0 Å². The molecule has 0 aromatic rings. The highest BCUT2D eigenvalue weighted by Crippen LogP contribution is 2.11. The molecule has 9 heavy (non-hydrogen) atoms. The van der Waals surface area contributed by atoms with Crippen molar-refractivity contribution in [2.45, 2.75) is 25.4 Å². The van der Waals surface area contributed by atoms with Crippen LogP contribution in [0, 0.1) is 0 Å². The fraction of sp³-hybridized carbons (Fsp3) is 1.00. The van der Waals surface area contributed by atoms with E-state index in [0.717, 1.165) is 0 Å². The second-order valence-corrected chi connectivity index (χ2v) is 8.93. The van der Waals surface area contributed by atoms with Crippen LogP contribution in [0.2, 0.25) is 19.6 Å². The Balaban J connectivity index is 3.79. The highest BCUT2D eigenvalue weighted by Gasteiger charge is 2.25. The van der Waals surface area contributed by atoms with E-state index in [1.807, 2.05) is 0 Å². The Hall–Kier alpha value is 0.467. The lowest BCUT2D eigenvalue weighted by Gasteiger charge is -2.24. The van der Waals surface area contributed by atoms with E-state index in [-0.39, 0.29) is 0 Å². The van der Waals surface area contributed by atoms with Gasteiger partial charge in [0.15, 0.2) is 0 Å². The van der Waals surface area contributed by atoms with Gasteiger partial charge < -0.3 is 4.74 Å². The molecular weight excluding hydrogens is 152 g/mol. The monoisotopic (exact) mass is 166 g/mol. The van der Waals surface area contributed by atoms with Gasteiger partial charge in [-0.15, -0.1) is 11.6 Å². The number of halogens is 1. The molecule has 56 valence electrons. The molecule has 0 radical (unpaired) electrons. The van der Waals surface area contributed by atoms with Crippen LogP contribution in [0.4, 0.5) is 0 Å². The molecule has 0 rings (SSSR count). The van der Waals surface area contributed by atoms with Crippen molar-refractivity contribution in [1.82, 2.24) is 0 Å². The molecule has 0 heterocycles. The lowest BCUT2D eigenvalue weighted by atomic mass is 10.8. The number of alkyl halides is 1. The van der Waals surface area contributed by atoms with E-state index >= 15 is 0 Å². The maximum Gasteiger partial charge on any atom is 0.0800 e. The van der Waals surface area contributed by atoms with E-state index in [2.05, 4.69) is 19.6 Å². The summed E-state index contributed by atoms with van der Waals surface area (Å²) in [6, 6.07) is 0. The molecule has 1 atom stereocenters. The summed E-state index contributed by atoms with van der Waals surface area (Å²) in [6.45, 7) is 6.76. The predicted octanol–water partition coefficient (Wildman–Crippen LogP) is 2.12. The van der Waals surface area contributed by atoms with Crippen LogP contribution >= 0.6 is 11.6 Å². The lowest BCUT2D eigenvalue weighted by molar-refractivity contribution is 0.175. The zero-order valence-corrected chi connectivity index (χ0v) is 8.33. The van der Waals surface area contributed by atoms with Crippen molar-refractivity contribution < 1.29 is 4.74 Å². The van der Waals surface area contributed by atoms with Crippen molar-refractivity contribution in [2.24, 2.45) is 0 Å². The Morgan fingerprint density at radius 3 is 1.89 bits per heavy atom. The van der Waals surface area contributed by atoms with E-state index in [4.69, 9.17) is 16.3 Å². The van der Waals surface area contributed by atoms with Crippen LogP contribution in [0.5, 0.6) is 0 Å². The summed E-state index contributed by atoms with van der Waals surface area (Å²) in [5, 5.41) is 0. The number of methoxy groups -OCH3 is 1. The molecular formula is C6H15ClOSi. The maximum atomic E-state index is 5.66. The maximum absolute atomic E-state index is 5.66. The molecule has 1 nitrogen and oxygen atoms in total. The van der Waals surface area contributed by atoms with E-state index < -0.39 is 8.07 Å². The molecule has 0 saturated heterocycles. The quantitative estimate of drug-likeness (QED) is 0.461. The molecule has 0 N–H and O–H groups in total. The van der Waals surface area contributed by atoms with Gasteiger partial charge in [0.25, 0.3) is 0 Å². The zero-order chi connectivity index (χ0) is 7.49. The minimum Gasteiger partial charge on any atom is -0.384 e. The van der Waals surface area contributed by atoms with Crippen LogP contribution in [0.25, 0.3) is 0 Å². The first-order valence-corrected chi connectivity index (χ1v) is 7.22. The first-order chi connectivity index (χ1) is 4.02. The van der Waals surface area contributed by atoms with Crippen molar-refractivity contribution in [3.05, 3.63) is 0 Å². The summed E-state index contributed by atoms with van der Waals surface area (Å²) in [7, 11) is 0.587. The molecule has 0 spiro atoms. The minimum atomic E-state index is -1.14. The molecule has 0 aromatic carbocycles. The summed E-state index contributed by atoms with van der Waals surface area (Å²) in [6.07, 6.45) is 0. The second kappa shape index (κ2) is 3.59. The Morgan fingerprint density at radius 1 is 1.44 bits per heavy atom. The van der Waals surface area contributed by atoms with Gasteiger partial charge in [0, 0.05) is 13.0 Å². The van der Waals surface area contributed by atoms with E-state index in [1.54, 1.807) is 7.11 Å². The third-order valence-electron chi connectivity index (χ3n) is 1.39. The van der Waals surface area contributed by atoms with Gasteiger partial charge in [0.05, 0.1) is 13.8 Å². The fourth-order valence-electron chi connectivity index (χ4n) is 0.648. The van der Waals surface area contributed by atoms with Crippen LogP contribution in [-0.2, 0) is 4.74 Å². The highest BCUT2D eigenvalue weighted by molar-refractivity contribution is 6.77. The molecule has 0 saturated carbocycles. The van der Waals surface area contributed by atoms with E-state index in [1.165, 1.54) is 0 Å². The van der Waals surface area contributed by atoms with E-state index in [0.29, 0.717) is 11.6 Å². The smallest absolute Gasteiger partial charge is 0.0800 e. The number of hydrogen-bond donors (Lipinski definition) is 0. The zero-order valence-electron chi connectivity index (χ0n) is 6.57. The summed E-state index contributed by atoms with van der Waals surface area (Å²) < 4.78 is 5.19. The molecule has 0 aliphatic heterocycles. The summed E-state index contributed by atoms with van der Waals surface area (Å²) in [4.78, 5) is 0. The highest BCUT2D eigenvalue weighted by atomic mass is 35.5. The van der Waals surface area contributed by atoms with Gasteiger partial charge in [-0.05, 0) is 0 Å². The van der Waals surface area contributed by atoms with Gasteiger partial charge in [0.1, 0.15) is 0 Å². The first-order valence-electron chi connectivity index (χ1n) is 3.11. The Labute approximate surface area is 63.4 Å². The topological polar surface area (TPSA) is 9.23 Å². The Morgan fingerprint density at radius 2 is 1.89 bits per heavy atom. The van der Waals surface area contributed by atoms with Gasteiger partial charge in [0.2, 0.25) is 0 Å².